The Morgan fingerprint density at radius 2 is 1.51 bits per heavy atom. The molecule has 2 unspecified atom stereocenters. The summed E-state index contributed by atoms with van der Waals surface area (Å²) in [5.41, 5.74) is 0.153. The lowest BCUT2D eigenvalue weighted by atomic mass is 9.42. The van der Waals surface area contributed by atoms with Gasteiger partial charge in [-0.25, -0.2) is 0 Å². The van der Waals surface area contributed by atoms with E-state index in [1.807, 2.05) is 13.8 Å². The van der Waals surface area contributed by atoms with E-state index < -0.39 is 5.79 Å². The molecule has 0 spiro atoms. The molecular formula is C33H51NO7. The van der Waals surface area contributed by atoms with Gasteiger partial charge in [0.2, 0.25) is 6.29 Å². The van der Waals surface area contributed by atoms with Crippen molar-refractivity contribution in [2.24, 2.45) is 45.6 Å². The monoisotopic (exact) mass is 573 g/mol. The predicted octanol–water partition coefficient (Wildman–Crippen LogP) is 6.01. The summed E-state index contributed by atoms with van der Waals surface area (Å²) >= 11 is 0. The summed E-state index contributed by atoms with van der Waals surface area (Å²) in [5.74, 6) is 1.57. The average molecular weight is 574 g/mol. The van der Waals surface area contributed by atoms with Gasteiger partial charge in [-0.2, -0.15) is 0 Å². The minimum absolute atomic E-state index is 0.0213. The Kier molecular flexibility index (Phi) is 7.37. The summed E-state index contributed by atoms with van der Waals surface area (Å²) in [7, 11) is 0. The lowest BCUT2D eigenvalue weighted by Crippen LogP contribution is -2.67. The zero-order valence-electron chi connectivity index (χ0n) is 25.8. The van der Waals surface area contributed by atoms with Gasteiger partial charge in [-0.05, 0) is 101 Å². The molecule has 7 rings (SSSR count). The van der Waals surface area contributed by atoms with Crippen LogP contribution in [-0.2, 0) is 33.3 Å². The van der Waals surface area contributed by atoms with Crippen LogP contribution >= 0.6 is 0 Å². The van der Waals surface area contributed by atoms with Gasteiger partial charge in [-0.15, -0.1) is 0 Å². The Hall–Kier alpha value is -1.06. The van der Waals surface area contributed by atoms with E-state index in [-0.39, 0.29) is 53.4 Å². The highest BCUT2D eigenvalue weighted by atomic mass is 16.8. The van der Waals surface area contributed by atoms with E-state index in [4.69, 9.17) is 28.5 Å². The molecular weight excluding hydrogens is 522 g/mol. The standard InChI is InChI=1S/C33H51NO7/c1-19-21-13-12-20-22(14-15-32(4)23(20)18-24(29(32)35)34-41-26-11-7-9-17-37-26)33(21,5)30(38-25-10-6-8-16-36-25)28-27(19)39-31(2,3)40-28/h19-23,25-28,30H,6-18H2,1-5H3/t19-,20+,21-,22-,23-,25?,26?,27+,28+,30-,32-,33-/m0/s1. The number of carbonyl (C=O) groups excluding carboxylic acids is 1. The molecule has 0 bridgehead atoms. The van der Waals surface area contributed by atoms with Gasteiger partial charge in [0.15, 0.2) is 17.9 Å². The van der Waals surface area contributed by atoms with E-state index in [0.29, 0.717) is 42.4 Å². The van der Waals surface area contributed by atoms with Crippen LogP contribution in [0.25, 0.3) is 0 Å². The summed E-state index contributed by atoms with van der Waals surface area (Å²) in [6, 6.07) is 0. The SMILES string of the molecule is C[C@@H]1[C@H]2OC(C)(C)O[C@H]2[C@H](OC2CCCCO2)[C@@]2(C)[C@H]1CC[C@@H]1[C@@H]2CC[C@]2(C)C(=O)C(=NOC3CCCCO3)C[C@@H]12. The highest BCUT2D eigenvalue weighted by Crippen LogP contribution is 2.67. The van der Waals surface area contributed by atoms with Gasteiger partial charge in [0, 0.05) is 30.3 Å². The summed E-state index contributed by atoms with van der Waals surface area (Å²) in [6.45, 7) is 12.6. The normalized spacial score (nSPS) is 51.9. The molecule has 0 aromatic carbocycles. The van der Waals surface area contributed by atoms with Crippen LogP contribution in [0.3, 0.4) is 0 Å². The topological polar surface area (TPSA) is 84.8 Å². The number of nitrogens with zero attached hydrogens (tertiary/aromatic N) is 1. The molecule has 0 radical (unpaired) electrons. The molecule has 0 amide bonds. The third-order valence-corrected chi connectivity index (χ3v) is 12.5. The summed E-state index contributed by atoms with van der Waals surface area (Å²) in [4.78, 5) is 19.6. The minimum atomic E-state index is -0.627. The van der Waals surface area contributed by atoms with Crippen LogP contribution < -0.4 is 0 Å². The summed E-state index contributed by atoms with van der Waals surface area (Å²) < 4.78 is 32.2. The fraction of sp³-hybridized carbons (Fsp3) is 0.939. The smallest absolute Gasteiger partial charge is 0.226 e. The van der Waals surface area contributed by atoms with Gasteiger partial charge in [-0.1, -0.05) is 25.9 Å². The van der Waals surface area contributed by atoms with Crippen molar-refractivity contribution in [2.75, 3.05) is 13.2 Å². The molecule has 7 fully saturated rings. The van der Waals surface area contributed by atoms with Crippen LogP contribution in [0, 0.1) is 40.4 Å². The van der Waals surface area contributed by atoms with Crippen LogP contribution in [-0.4, -0.2) is 61.4 Å². The molecule has 4 saturated carbocycles. The number of carbonyl (C=O) groups is 1. The molecule has 41 heavy (non-hydrogen) atoms. The van der Waals surface area contributed by atoms with Gasteiger partial charge in [0.1, 0.15) is 11.8 Å². The lowest BCUT2D eigenvalue weighted by molar-refractivity contribution is -0.287. The van der Waals surface area contributed by atoms with Gasteiger partial charge in [0.05, 0.1) is 18.8 Å². The van der Waals surface area contributed by atoms with Crippen molar-refractivity contribution in [3.63, 3.8) is 0 Å². The molecule has 3 saturated heterocycles. The predicted molar refractivity (Wildman–Crippen MR) is 152 cm³/mol. The molecule has 8 heteroatoms. The van der Waals surface area contributed by atoms with Crippen LogP contribution in [0.4, 0.5) is 0 Å². The van der Waals surface area contributed by atoms with Gasteiger partial charge >= 0.3 is 0 Å². The first-order valence-electron chi connectivity index (χ1n) is 16.6. The lowest BCUT2D eigenvalue weighted by Gasteiger charge is -2.64. The highest BCUT2D eigenvalue weighted by molar-refractivity contribution is 6.43. The number of ether oxygens (including phenoxy) is 5. The largest absolute Gasteiger partial charge is 0.363 e. The second-order valence-electron chi connectivity index (χ2n) is 15.1. The Morgan fingerprint density at radius 3 is 2.22 bits per heavy atom. The van der Waals surface area contributed by atoms with Crippen molar-refractivity contribution in [3.8, 4) is 0 Å². The molecule has 8 nitrogen and oxygen atoms in total. The molecule has 230 valence electrons. The number of ketones is 1. The molecule has 3 aliphatic heterocycles. The second-order valence-corrected chi connectivity index (χ2v) is 15.1. The van der Waals surface area contributed by atoms with Gasteiger partial charge in [0.25, 0.3) is 0 Å². The van der Waals surface area contributed by atoms with E-state index in [1.54, 1.807) is 0 Å². The van der Waals surface area contributed by atoms with Crippen LogP contribution in [0.2, 0.25) is 0 Å². The maximum absolute atomic E-state index is 13.8. The Labute approximate surface area is 245 Å². The van der Waals surface area contributed by atoms with Crippen molar-refractivity contribution in [1.29, 1.82) is 0 Å². The van der Waals surface area contributed by atoms with Crippen LogP contribution in [0.5, 0.6) is 0 Å². The first-order valence-corrected chi connectivity index (χ1v) is 16.6. The molecule has 0 aromatic rings. The number of rotatable bonds is 4. The fourth-order valence-electron chi connectivity index (χ4n) is 10.5. The van der Waals surface area contributed by atoms with E-state index in [9.17, 15) is 4.79 Å². The quantitative estimate of drug-likeness (QED) is 0.381. The zero-order chi connectivity index (χ0) is 28.6. The van der Waals surface area contributed by atoms with Gasteiger partial charge < -0.3 is 28.5 Å². The Morgan fingerprint density at radius 1 is 0.805 bits per heavy atom. The second kappa shape index (κ2) is 10.5. The average Bonchev–Trinajstić information content (AvgIpc) is 3.43. The van der Waals surface area contributed by atoms with E-state index in [1.165, 1.54) is 0 Å². The fourth-order valence-corrected chi connectivity index (χ4v) is 10.5. The highest BCUT2D eigenvalue weighted by Gasteiger charge is 2.69. The number of Topliss-reactive ketones (excluding diaryl/α,β-unsaturated/α-hetero) is 1. The third kappa shape index (κ3) is 4.65. The minimum Gasteiger partial charge on any atom is -0.363 e. The third-order valence-electron chi connectivity index (χ3n) is 12.5. The van der Waals surface area contributed by atoms with E-state index in [0.717, 1.165) is 70.8 Å². The van der Waals surface area contributed by atoms with E-state index >= 15 is 0 Å². The molecule has 4 aliphatic carbocycles. The first-order chi connectivity index (χ1) is 19.6. The maximum Gasteiger partial charge on any atom is 0.226 e. The zero-order valence-corrected chi connectivity index (χ0v) is 25.8. The number of oxime groups is 1. The van der Waals surface area contributed by atoms with Crippen molar-refractivity contribution in [2.45, 2.75) is 142 Å². The van der Waals surface area contributed by atoms with Crippen molar-refractivity contribution in [1.82, 2.24) is 0 Å². The van der Waals surface area contributed by atoms with Crippen LogP contribution in [0.15, 0.2) is 5.16 Å². The number of hydrogen-bond donors (Lipinski definition) is 0. The van der Waals surface area contributed by atoms with Crippen molar-refractivity contribution < 1.29 is 33.3 Å². The number of fused-ring (bicyclic) bond motifs is 6. The van der Waals surface area contributed by atoms with E-state index in [2.05, 4.69) is 25.9 Å². The molecule has 12 atom stereocenters. The summed E-state index contributed by atoms with van der Waals surface area (Å²) in [6.07, 6.45) is 10.3. The number of hydrogen-bond acceptors (Lipinski definition) is 8. The van der Waals surface area contributed by atoms with Crippen molar-refractivity contribution >= 4 is 11.5 Å². The Bertz CT molecular complexity index is 1030. The molecule has 0 aromatic heterocycles. The Balaban J connectivity index is 1.19. The first kappa shape index (κ1) is 28.7. The van der Waals surface area contributed by atoms with Crippen LogP contribution in [0.1, 0.15) is 105 Å². The maximum atomic E-state index is 13.8. The summed E-state index contributed by atoms with van der Waals surface area (Å²) in [5, 5.41) is 4.46. The molecule has 0 N–H and O–H groups in total. The van der Waals surface area contributed by atoms with Gasteiger partial charge in [-0.3, -0.25) is 4.79 Å². The molecule has 7 aliphatic rings. The van der Waals surface area contributed by atoms with Crippen molar-refractivity contribution in [3.05, 3.63) is 0 Å². The molecule has 3 heterocycles.